The Morgan fingerprint density at radius 2 is 1.88 bits per heavy atom. The smallest absolute Gasteiger partial charge is 0.407 e. The summed E-state index contributed by atoms with van der Waals surface area (Å²) >= 11 is 0. The van der Waals surface area contributed by atoms with E-state index < -0.39 is 0 Å². The molecule has 0 aromatic rings. The number of rotatable bonds is 8. The molecule has 4 nitrogen and oxygen atoms in total. The van der Waals surface area contributed by atoms with Crippen LogP contribution in [-0.2, 0) is 4.74 Å². The molecule has 0 bridgehead atoms. The first-order valence-corrected chi connectivity index (χ1v) is 5.87. The van der Waals surface area contributed by atoms with Crippen LogP contribution in [0.1, 0.15) is 33.6 Å². The number of hydrogen-bond acceptors (Lipinski definition) is 3. The lowest BCUT2D eigenvalue weighted by Crippen LogP contribution is -2.31. The third kappa shape index (κ3) is 10.1. The van der Waals surface area contributed by atoms with Gasteiger partial charge in [0.05, 0.1) is 0 Å². The number of carbonyl (C=O) groups is 1. The standard InChI is InChI=1S/C11H24N2O2.ClH/c1-4-7-8-12-11(14)15-10-9-13(5-2)6-3;/h4-10H2,1-3H3,(H,12,14);1H. The van der Waals surface area contributed by atoms with Crippen molar-refractivity contribution in [3.05, 3.63) is 0 Å². The largest absolute Gasteiger partial charge is 0.448 e. The molecule has 0 heterocycles. The lowest BCUT2D eigenvalue weighted by molar-refractivity contribution is 0.129. The topological polar surface area (TPSA) is 41.6 Å². The number of nitrogens with zero attached hydrogens (tertiary/aromatic N) is 1. The summed E-state index contributed by atoms with van der Waals surface area (Å²) in [5, 5.41) is 2.71. The number of likely N-dealkylation sites (N-methyl/N-ethyl adjacent to an activating group) is 1. The van der Waals surface area contributed by atoms with Gasteiger partial charge >= 0.3 is 6.09 Å². The first kappa shape index (κ1) is 17.9. The molecule has 0 aliphatic rings. The third-order valence-corrected chi connectivity index (χ3v) is 2.33. The third-order valence-electron chi connectivity index (χ3n) is 2.33. The van der Waals surface area contributed by atoms with E-state index in [1.54, 1.807) is 0 Å². The van der Waals surface area contributed by atoms with Gasteiger partial charge in [-0.2, -0.15) is 0 Å². The number of amides is 1. The Kier molecular flexibility index (Phi) is 14.1. The number of carbonyl (C=O) groups excluding carboxylic acids is 1. The van der Waals surface area contributed by atoms with E-state index in [2.05, 4.69) is 31.0 Å². The van der Waals surface area contributed by atoms with Gasteiger partial charge in [-0.25, -0.2) is 4.79 Å². The van der Waals surface area contributed by atoms with Crippen LogP contribution in [0.2, 0.25) is 0 Å². The second-order valence-electron chi connectivity index (χ2n) is 3.44. The van der Waals surface area contributed by atoms with Crippen molar-refractivity contribution in [1.29, 1.82) is 0 Å². The highest BCUT2D eigenvalue weighted by Crippen LogP contribution is 1.88. The number of halogens is 1. The average Bonchev–Trinajstić information content (AvgIpc) is 2.25. The molecular formula is C11H25ClN2O2. The Hall–Kier alpha value is -0.480. The maximum atomic E-state index is 11.1. The van der Waals surface area contributed by atoms with Crippen LogP contribution in [0.25, 0.3) is 0 Å². The van der Waals surface area contributed by atoms with Crippen LogP contribution < -0.4 is 5.32 Å². The summed E-state index contributed by atoms with van der Waals surface area (Å²) in [6, 6.07) is 0. The van der Waals surface area contributed by atoms with E-state index in [1.165, 1.54) is 0 Å². The van der Waals surface area contributed by atoms with E-state index in [9.17, 15) is 4.79 Å². The molecule has 16 heavy (non-hydrogen) atoms. The summed E-state index contributed by atoms with van der Waals surface area (Å²) in [7, 11) is 0. The molecule has 0 radical (unpaired) electrons. The molecule has 0 atom stereocenters. The van der Waals surface area contributed by atoms with Gasteiger partial charge in [0.2, 0.25) is 0 Å². The van der Waals surface area contributed by atoms with E-state index in [0.717, 1.165) is 32.5 Å². The number of unbranched alkanes of at least 4 members (excludes halogenated alkanes) is 1. The van der Waals surface area contributed by atoms with Gasteiger partial charge in [0, 0.05) is 13.1 Å². The molecule has 0 aliphatic carbocycles. The molecule has 0 aromatic heterocycles. The molecule has 1 amide bonds. The fourth-order valence-corrected chi connectivity index (χ4v) is 1.23. The first-order valence-electron chi connectivity index (χ1n) is 5.87. The molecule has 5 heteroatoms. The van der Waals surface area contributed by atoms with Gasteiger partial charge in [0.15, 0.2) is 0 Å². The first-order chi connectivity index (χ1) is 7.24. The van der Waals surface area contributed by atoms with Crippen LogP contribution in [0.5, 0.6) is 0 Å². The monoisotopic (exact) mass is 252 g/mol. The average molecular weight is 253 g/mol. The van der Waals surface area contributed by atoms with E-state index in [4.69, 9.17) is 4.74 Å². The van der Waals surface area contributed by atoms with Crippen LogP contribution in [-0.4, -0.2) is 43.8 Å². The zero-order valence-electron chi connectivity index (χ0n) is 10.6. The van der Waals surface area contributed by atoms with Gasteiger partial charge in [-0.05, 0) is 19.5 Å². The van der Waals surface area contributed by atoms with Gasteiger partial charge < -0.3 is 15.0 Å². The van der Waals surface area contributed by atoms with Crippen molar-refractivity contribution in [1.82, 2.24) is 10.2 Å². The molecule has 0 saturated carbocycles. The lowest BCUT2D eigenvalue weighted by Gasteiger charge is -2.17. The fourth-order valence-electron chi connectivity index (χ4n) is 1.23. The highest BCUT2D eigenvalue weighted by Gasteiger charge is 2.02. The Labute approximate surface area is 105 Å². The molecule has 0 spiro atoms. The minimum Gasteiger partial charge on any atom is -0.448 e. The highest BCUT2D eigenvalue weighted by atomic mass is 35.5. The Morgan fingerprint density at radius 3 is 2.38 bits per heavy atom. The van der Waals surface area contributed by atoms with Crippen molar-refractivity contribution in [2.24, 2.45) is 0 Å². The van der Waals surface area contributed by atoms with Crippen molar-refractivity contribution < 1.29 is 9.53 Å². The molecule has 0 aromatic carbocycles. The summed E-state index contributed by atoms with van der Waals surface area (Å²) in [4.78, 5) is 13.3. The van der Waals surface area contributed by atoms with Crippen molar-refractivity contribution in [3.8, 4) is 0 Å². The summed E-state index contributed by atoms with van der Waals surface area (Å²) in [5.41, 5.74) is 0. The van der Waals surface area contributed by atoms with Gasteiger partial charge in [-0.3, -0.25) is 0 Å². The molecular weight excluding hydrogens is 228 g/mol. The quantitative estimate of drug-likeness (QED) is 0.674. The maximum absolute atomic E-state index is 11.1. The number of alkyl carbamates (subject to hydrolysis) is 1. The summed E-state index contributed by atoms with van der Waals surface area (Å²) in [5.74, 6) is 0. The number of ether oxygens (including phenoxy) is 1. The molecule has 0 aliphatic heterocycles. The molecule has 0 fully saturated rings. The van der Waals surface area contributed by atoms with Crippen LogP contribution in [0.3, 0.4) is 0 Å². The molecule has 98 valence electrons. The summed E-state index contributed by atoms with van der Waals surface area (Å²) in [6.07, 6.45) is 1.79. The number of nitrogens with one attached hydrogen (secondary N) is 1. The Morgan fingerprint density at radius 1 is 1.25 bits per heavy atom. The van der Waals surface area contributed by atoms with Crippen LogP contribution in [0.15, 0.2) is 0 Å². The predicted molar refractivity (Wildman–Crippen MR) is 69.3 cm³/mol. The zero-order chi connectivity index (χ0) is 11.5. The van der Waals surface area contributed by atoms with Crippen molar-refractivity contribution >= 4 is 18.5 Å². The zero-order valence-corrected chi connectivity index (χ0v) is 11.4. The molecule has 0 unspecified atom stereocenters. The maximum Gasteiger partial charge on any atom is 0.407 e. The SMILES string of the molecule is CCCCNC(=O)OCCN(CC)CC.Cl. The summed E-state index contributed by atoms with van der Waals surface area (Å²) < 4.78 is 5.03. The Bertz CT molecular complexity index is 164. The van der Waals surface area contributed by atoms with E-state index in [0.29, 0.717) is 13.2 Å². The van der Waals surface area contributed by atoms with Crippen LogP contribution >= 0.6 is 12.4 Å². The van der Waals surface area contributed by atoms with Gasteiger partial charge in [0.25, 0.3) is 0 Å². The minimum atomic E-state index is -0.296. The van der Waals surface area contributed by atoms with E-state index in [-0.39, 0.29) is 18.5 Å². The number of hydrogen-bond donors (Lipinski definition) is 1. The predicted octanol–water partition coefficient (Wildman–Crippen LogP) is 2.28. The highest BCUT2D eigenvalue weighted by molar-refractivity contribution is 5.85. The van der Waals surface area contributed by atoms with Crippen LogP contribution in [0.4, 0.5) is 4.79 Å². The van der Waals surface area contributed by atoms with Gasteiger partial charge in [-0.1, -0.05) is 27.2 Å². The van der Waals surface area contributed by atoms with Gasteiger partial charge in [-0.15, -0.1) is 12.4 Å². The normalized spacial score (nSPS) is 9.75. The molecule has 0 saturated heterocycles. The van der Waals surface area contributed by atoms with E-state index >= 15 is 0 Å². The minimum absolute atomic E-state index is 0. The van der Waals surface area contributed by atoms with Crippen molar-refractivity contribution in [2.75, 3.05) is 32.8 Å². The molecule has 0 rings (SSSR count). The Balaban J connectivity index is 0. The van der Waals surface area contributed by atoms with Crippen molar-refractivity contribution in [2.45, 2.75) is 33.6 Å². The van der Waals surface area contributed by atoms with Crippen LogP contribution in [0, 0.1) is 0 Å². The van der Waals surface area contributed by atoms with Crippen molar-refractivity contribution in [3.63, 3.8) is 0 Å². The molecule has 1 N–H and O–H groups in total. The second-order valence-corrected chi connectivity index (χ2v) is 3.44. The summed E-state index contributed by atoms with van der Waals surface area (Å²) in [6.45, 7) is 10.3. The fraction of sp³-hybridized carbons (Fsp3) is 0.909. The second kappa shape index (κ2) is 12.6. The lowest BCUT2D eigenvalue weighted by atomic mass is 10.3. The van der Waals surface area contributed by atoms with E-state index in [1.807, 2.05) is 0 Å². The van der Waals surface area contributed by atoms with Gasteiger partial charge in [0.1, 0.15) is 6.61 Å².